The Balaban J connectivity index is 1.98. The molecule has 4 nitrogen and oxygen atoms in total. The lowest BCUT2D eigenvalue weighted by Crippen LogP contribution is -2.39. The van der Waals surface area contributed by atoms with Crippen LogP contribution < -0.4 is 5.32 Å². The van der Waals surface area contributed by atoms with Crippen LogP contribution >= 0.6 is 0 Å². The van der Waals surface area contributed by atoms with Gasteiger partial charge in [0.05, 0.1) is 17.9 Å². The molecule has 2 rings (SSSR count). The first kappa shape index (κ1) is 12.6. The van der Waals surface area contributed by atoms with E-state index in [1.807, 2.05) is 6.07 Å². The number of hydrogen-bond donors (Lipinski definition) is 1. The Labute approximate surface area is 103 Å². The number of ether oxygens (including phenoxy) is 1. The maximum absolute atomic E-state index is 5.90. The van der Waals surface area contributed by atoms with Crippen molar-refractivity contribution < 1.29 is 9.26 Å². The van der Waals surface area contributed by atoms with Crippen molar-refractivity contribution in [1.29, 1.82) is 0 Å². The van der Waals surface area contributed by atoms with Gasteiger partial charge in [-0.25, -0.2) is 0 Å². The maximum atomic E-state index is 5.90. The lowest BCUT2D eigenvalue weighted by molar-refractivity contribution is -0.0297. The first-order valence-corrected chi connectivity index (χ1v) is 6.31. The molecule has 1 aliphatic rings. The summed E-state index contributed by atoms with van der Waals surface area (Å²) in [4.78, 5) is 0. The van der Waals surface area contributed by atoms with E-state index >= 15 is 0 Å². The zero-order valence-electron chi connectivity index (χ0n) is 10.9. The van der Waals surface area contributed by atoms with Gasteiger partial charge in [-0.2, -0.15) is 0 Å². The molecule has 2 unspecified atom stereocenters. The van der Waals surface area contributed by atoms with Crippen LogP contribution in [0.1, 0.15) is 38.8 Å². The molecule has 0 spiro atoms. The van der Waals surface area contributed by atoms with Crippen LogP contribution in [0, 0.1) is 5.92 Å². The van der Waals surface area contributed by atoms with E-state index in [0.717, 1.165) is 31.8 Å². The van der Waals surface area contributed by atoms with E-state index in [1.54, 1.807) is 6.26 Å². The van der Waals surface area contributed by atoms with Crippen molar-refractivity contribution in [2.75, 3.05) is 19.7 Å². The highest BCUT2D eigenvalue weighted by molar-refractivity contribution is 5.08. The molecule has 1 aromatic rings. The minimum atomic E-state index is -0.0776. The summed E-state index contributed by atoms with van der Waals surface area (Å²) in [5, 5.41) is 7.50. The Hall–Kier alpha value is -0.870. The van der Waals surface area contributed by atoms with Gasteiger partial charge in [-0.05, 0) is 33.7 Å². The second-order valence-corrected chi connectivity index (χ2v) is 5.71. The van der Waals surface area contributed by atoms with Gasteiger partial charge in [-0.3, -0.25) is 0 Å². The van der Waals surface area contributed by atoms with Crippen LogP contribution in [0.2, 0.25) is 0 Å². The number of aromatic nitrogens is 1. The highest BCUT2D eigenvalue weighted by Gasteiger charge is 2.29. The highest BCUT2D eigenvalue weighted by Crippen LogP contribution is 2.30. The lowest BCUT2D eigenvalue weighted by atomic mass is 9.84. The van der Waals surface area contributed by atoms with Crippen molar-refractivity contribution in [2.45, 2.75) is 38.7 Å². The third kappa shape index (κ3) is 3.54. The molecule has 0 bridgehead atoms. The summed E-state index contributed by atoms with van der Waals surface area (Å²) in [6.45, 7) is 9.09. The molecule has 96 valence electrons. The Morgan fingerprint density at radius 1 is 1.53 bits per heavy atom. The fraction of sp³-hybridized carbons (Fsp3) is 0.769. The zero-order valence-corrected chi connectivity index (χ0v) is 10.9. The number of rotatable bonds is 3. The fourth-order valence-corrected chi connectivity index (χ4v) is 2.26. The summed E-state index contributed by atoms with van der Waals surface area (Å²) in [5.74, 6) is 0.936. The number of nitrogens with zero attached hydrogens (tertiary/aromatic N) is 1. The topological polar surface area (TPSA) is 47.3 Å². The van der Waals surface area contributed by atoms with Crippen molar-refractivity contribution in [3.63, 3.8) is 0 Å². The van der Waals surface area contributed by atoms with Crippen LogP contribution in [0.3, 0.4) is 0 Å². The van der Waals surface area contributed by atoms with E-state index in [9.17, 15) is 0 Å². The van der Waals surface area contributed by atoms with E-state index in [1.165, 1.54) is 0 Å². The van der Waals surface area contributed by atoms with Crippen molar-refractivity contribution in [1.82, 2.24) is 10.5 Å². The van der Waals surface area contributed by atoms with Gasteiger partial charge in [0.15, 0.2) is 0 Å². The van der Waals surface area contributed by atoms with E-state index in [4.69, 9.17) is 9.26 Å². The molecule has 0 amide bonds. The normalized spacial score (nSPS) is 26.1. The van der Waals surface area contributed by atoms with E-state index in [0.29, 0.717) is 11.8 Å². The van der Waals surface area contributed by atoms with Gasteiger partial charge >= 0.3 is 0 Å². The molecule has 0 saturated carbocycles. The number of piperidine rings is 1. The van der Waals surface area contributed by atoms with Gasteiger partial charge in [0.1, 0.15) is 6.26 Å². The van der Waals surface area contributed by atoms with Gasteiger partial charge in [0, 0.05) is 24.4 Å². The maximum Gasteiger partial charge on any atom is 0.124 e. The Kier molecular flexibility index (Phi) is 3.84. The van der Waals surface area contributed by atoms with Gasteiger partial charge in [0.25, 0.3) is 0 Å². The third-order valence-electron chi connectivity index (χ3n) is 3.18. The van der Waals surface area contributed by atoms with Crippen molar-refractivity contribution >= 4 is 0 Å². The summed E-state index contributed by atoms with van der Waals surface area (Å²) in [6, 6.07) is 1.97. The largest absolute Gasteiger partial charge is 0.376 e. The van der Waals surface area contributed by atoms with Gasteiger partial charge in [-0.1, -0.05) is 5.16 Å². The van der Waals surface area contributed by atoms with Crippen LogP contribution in [0.5, 0.6) is 0 Å². The van der Waals surface area contributed by atoms with Crippen LogP contribution in [0.4, 0.5) is 0 Å². The molecule has 2 heterocycles. The van der Waals surface area contributed by atoms with Gasteiger partial charge in [-0.15, -0.1) is 0 Å². The van der Waals surface area contributed by atoms with Crippen LogP contribution in [-0.4, -0.2) is 30.5 Å². The molecular weight excluding hydrogens is 216 g/mol. The van der Waals surface area contributed by atoms with E-state index < -0.39 is 0 Å². The standard InChI is InChI=1S/C13H22N2O2/c1-13(2,3)16-9-10-8-14-6-4-11(10)12-5-7-17-15-12/h5,7,10-11,14H,4,6,8-9H2,1-3H3. The summed E-state index contributed by atoms with van der Waals surface area (Å²) in [6.07, 6.45) is 2.75. The minimum Gasteiger partial charge on any atom is -0.376 e. The molecule has 1 N–H and O–H groups in total. The number of nitrogens with one attached hydrogen (secondary N) is 1. The van der Waals surface area contributed by atoms with Crippen molar-refractivity contribution in [3.8, 4) is 0 Å². The van der Waals surface area contributed by atoms with Crippen LogP contribution in [-0.2, 0) is 4.74 Å². The first-order chi connectivity index (χ1) is 8.06. The Morgan fingerprint density at radius 3 is 3.00 bits per heavy atom. The molecule has 1 fully saturated rings. The number of hydrogen-bond acceptors (Lipinski definition) is 4. The highest BCUT2D eigenvalue weighted by atomic mass is 16.5. The molecule has 0 aromatic carbocycles. The molecule has 1 aliphatic heterocycles. The summed E-state index contributed by atoms with van der Waals surface area (Å²) in [7, 11) is 0. The Bertz CT molecular complexity index is 330. The van der Waals surface area contributed by atoms with Gasteiger partial charge < -0.3 is 14.6 Å². The SMILES string of the molecule is CC(C)(C)OCC1CNCCC1c1ccon1. The summed E-state index contributed by atoms with van der Waals surface area (Å²) < 4.78 is 10.8. The molecule has 17 heavy (non-hydrogen) atoms. The predicted octanol–water partition coefficient (Wildman–Crippen LogP) is 2.18. The quantitative estimate of drug-likeness (QED) is 0.876. The minimum absolute atomic E-state index is 0.0776. The van der Waals surface area contributed by atoms with Crippen molar-refractivity contribution in [2.24, 2.45) is 5.92 Å². The molecule has 1 saturated heterocycles. The molecule has 0 radical (unpaired) electrons. The monoisotopic (exact) mass is 238 g/mol. The van der Waals surface area contributed by atoms with Crippen LogP contribution in [0.25, 0.3) is 0 Å². The van der Waals surface area contributed by atoms with Gasteiger partial charge in [0.2, 0.25) is 0 Å². The second kappa shape index (κ2) is 5.19. The Morgan fingerprint density at radius 2 is 2.35 bits per heavy atom. The van der Waals surface area contributed by atoms with E-state index in [2.05, 4.69) is 31.2 Å². The molecule has 2 atom stereocenters. The van der Waals surface area contributed by atoms with Crippen LogP contribution in [0.15, 0.2) is 16.9 Å². The third-order valence-corrected chi connectivity index (χ3v) is 3.18. The molecule has 0 aliphatic carbocycles. The lowest BCUT2D eigenvalue weighted by Gasteiger charge is -2.33. The van der Waals surface area contributed by atoms with E-state index in [-0.39, 0.29) is 5.60 Å². The van der Waals surface area contributed by atoms with Crippen molar-refractivity contribution in [3.05, 3.63) is 18.0 Å². The summed E-state index contributed by atoms with van der Waals surface area (Å²) >= 11 is 0. The molecule has 4 heteroatoms. The first-order valence-electron chi connectivity index (χ1n) is 6.31. The average molecular weight is 238 g/mol. The smallest absolute Gasteiger partial charge is 0.124 e. The zero-order chi connectivity index (χ0) is 12.3. The molecular formula is C13H22N2O2. The average Bonchev–Trinajstić information content (AvgIpc) is 2.79. The summed E-state index contributed by atoms with van der Waals surface area (Å²) in [5.41, 5.74) is 0.986. The second-order valence-electron chi connectivity index (χ2n) is 5.71. The predicted molar refractivity (Wildman–Crippen MR) is 65.9 cm³/mol. The molecule has 1 aromatic heterocycles. The fourth-order valence-electron chi connectivity index (χ4n) is 2.26.